The Labute approximate surface area is 120 Å². The first-order chi connectivity index (χ1) is 9.53. The van der Waals surface area contributed by atoms with Gasteiger partial charge in [0, 0.05) is 31.5 Å². The van der Waals surface area contributed by atoms with Gasteiger partial charge in [-0.15, -0.1) is 0 Å². The molecule has 2 heterocycles. The van der Waals surface area contributed by atoms with Crippen LogP contribution < -0.4 is 10.0 Å². The van der Waals surface area contributed by atoms with E-state index in [0.717, 1.165) is 25.9 Å². The molecule has 1 saturated heterocycles. The first-order valence-corrected chi connectivity index (χ1v) is 8.40. The number of likely N-dealkylation sites (N-methyl/N-ethyl adjacent to an activating group) is 1. The maximum absolute atomic E-state index is 12.5. The maximum Gasteiger partial charge on any atom is 0.244 e. The van der Waals surface area contributed by atoms with Crippen LogP contribution in [0.2, 0.25) is 0 Å². The molecule has 6 nitrogen and oxygen atoms in total. The summed E-state index contributed by atoms with van der Waals surface area (Å²) in [5, 5.41) is 3.06. The molecule has 0 bridgehead atoms. The number of piperidine rings is 1. The third-order valence-electron chi connectivity index (χ3n) is 3.39. The zero-order valence-electron chi connectivity index (χ0n) is 12.0. The zero-order valence-corrected chi connectivity index (χ0v) is 12.8. The van der Waals surface area contributed by atoms with Crippen molar-refractivity contribution in [2.24, 2.45) is 0 Å². The minimum absolute atomic E-state index is 0.0339. The second kappa shape index (κ2) is 6.51. The average molecular weight is 298 g/mol. The molecule has 0 aromatic carbocycles. The number of hydrogen-bond acceptors (Lipinski definition) is 5. The second-order valence-corrected chi connectivity index (χ2v) is 6.81. The minimum Gasteiger partial charge on any atom is -0.384 e. The lowest BCUT2D eigenvalue weighted by Gasteiger charge is -2.30. The third-order valence-corrected chi connectivity index (χ3v) is 4.94. The Bertz CT molecular complexity index is 547. The number of nitrogens with zero attached hydrogens (tertiary/aromatic N) is 2. The fourth-order valence-electron chi connectivity index (χ4n) is 2.48. The van der Waals surface area contributed by atoms with Gasteiger partial charge in [0.05, 0.1) is 5.69 Å². The molecule has 0 saturated carbocycles. The van der Waals surface area contributed by atoms with Crippen LogP contribution in [-0.4, -0.2) is 51.0 Å². The fourth-order valence-corrected chi connectivity index (χ4v) is 3.86. The van der Waals surface area contributed by atoms with E-state index in [1.165, 1.54) is 6.20 Å². The Kier molecular flexibility index (Phi) is 4.95. The van der Waals surface area contributed by atoms with Crippen molar-refractivity contribution >= 4 is 15.7 Å². The summed E-state index contributed by atoms with van der Waals surface area (Å²) in [6, 6.07) is 1.65. The molecule has 2 N–H and O–H groups in total. The van der Waals surface area contributed by atoms with Crippen molar-refractivity contribution < 1.29 is 8.42 Å². The summed E-state index contributed by atoms with van der Waals surface area (Å²) >= 11 is 0. The highest BCUT2D eigenvalue weighted by Gasteiger charge is 2.25. The van der Waals surface area contributed by atoms with E-state index in [2.05, 4.69) is 19.9 Å². The van der Waals surface area contributed by atoms with Gasteiger partial charge in [-0.05, 0) is 39.4 Å². The van der Waals surface area contributed by atoms with Gasteiger partial charge < -0.3 is 10.2 Å². The van der Waals surface area contributed by atoms with Gasteiger partial charge in [-0.3, -0.25) is 4.98 Å². The predicted octanol–water partition coefficient (Wildman–Crippen LogP) is 0.886. The van der Waals surface area contributed by atoms with Crippen molar-refractivity contribution in [3.63, 3.8) is 0 Å². The van der Waals surface area contributed by atoms with Gasteiger partial charge in [0.15, 0.2) is 0 Å². The monoisotopic (exact) mass is 298 g/mol. The molecule has 1 atom stereocenters. The molecule has 1 unspecified atom stereocenters. The molecule has 20 heavy (non-hydrogen) atoms. The van der Waals surface area contributed by atoms with Gasteiger partial charge in [0.2, 0.25) is 10.0 Å². The average Bonchev–Trinajstić information content (AvgIpc) is 2.39. The van der Waals surface area contributed by atoms with Crippen LogP contribution >= 0.6 is 0 Å². The number of pyridine rings is 1. The van der Waals surface area contributed by atoms with Gasteiger partial charge in [-0.25, -0.2) is 13.1 Å². The molecular formula is C13H22N4O2S. The van der Waals surface area contributed by atoms with E-state index in [0.29, 0.717) is 12.2 Å². The quantitative estimate of drug-likeness (QED) is 0.844. The van der Waals surface area contributed by atoms with Crippen molar-refractivity contribution in [2.45, 2.75) is 30.7 Å². The topological polar surface area (TPSA) is 74.3 Å². The molecule has 0 amide bonds. The van der Waals surface area contributed by atoms with Crippen molar-refractivity contribution in [1.29, 1.82) is 0 Å². The first-order valence-electron chi connectivity index (χ1n) is 6.91. The van der Waals surface area contributed by atoms with Gasteiger partial charge in [-0.1, -0.05) is 0 Å². The van der Waals surface area contributed by atoms with Crippen LogP contribution in [0.15, 0.2) is 23.4 Å². The summed E-state index contributed by atoms with van der Waals surface area (Å²) < 4.78 is 27.8. The van der Waals surface area contributed by atoms with E-state index < -0.39 is 10.0 Å². The van der Waals surface area contributed by atoms with Gasteiger partial charge in [-0.2, -0.15) is 0 Å². The Morgan fingerprint density at radius 2 is 2.30 bits per heavy atom. The van der Waals surface area contributed by atoms with Crippen LogP contribution in [0, 0.1) is 0 Å². The van der Waals surface area contributed by atoms with E-state index in [1.807, 2.05) is 14.0 Å². The fraction of sp³-hybridized carbons (Fsp3) is 0.615. The van der Waals surface area contributed by atoms with Crippen molar-refractivity contribution in [1.82, 2.24) is 14.6 Å². The molecule has 0 spiro atoms. The van der Waals surface area contributed by atoms with E-state index in [9.17, 15) is 8.42 Å². The second-order valence-electron chi connectivity index (χ2n) is 5.12. The highest BCUT2D eigenvalue weighted by atomic mass is 32.2. The molecule has 1 aromatic rings. The van der Waals surface area contributed by atoms with Crippen LogP contribution in [0.25, 0.3) is 0 Å². The van der Waals surface area contributed by atoms with Crippen molar-refractivity contribution in [2.75, 3.05) is 32.0 Å². The SMILES string of the molecule is CCNc1ccncc1S(=O)(=O)NC1CCCN(C)C1. The van der Waals surface area contributed by atoms with E-state index >= 15 is 0 Å². The maximum atomic E-state index is 12.5. The van der Waals surface area contributed by atoms with Gasteiger partial charge in [0.1, 0.15) is 4.90 Å². The molecule has 2 rings (SSSR count). The number of rotatable bonds is 5. The Morgan fingerprint density at radius 3 is 3.00 bits per heavy atom. The smallest absolute Gasteiger partial charge is 0.244 e. The lowest BCUT2D eigenvalue weighted by atomic mass is 10.1. The summed E-state index contributed by atoms with van der Waals surface area (Å²) in [7, 11) is -1.53. The van der Waals surface area contributed by atoms with Crippen LogP contribution in [0.5, 0.6) is 0 Å². The molecule has 1 aliphatic heterocycles. The molecule has 0 aliphatic carbocycles. The van der Waals surface area contributed by atoms with E-state index in [4.69, 9.17) is 0 Å². The normalized spacial score (nSPS) is 20.8. The Balaban J connectivity index is 2.17. The number of likely N-dealkylation sites (tertiary alicyclic amines) is 1. The van der Waals surface area contributed by atoms with Crippen molar-refractivity contribution in [3.05, 3.63) is 18.5 Å². The van der Waals surface area contributed by atoms with Gasteiger partial charge in [0.25, 0.3) is 0 Å². The summed E-state index contributed by atoms with van der Waals surface area (Å²) in [5.74, 6) is 0. The molecular weight excluding hydrogens is 276 g/mol. The summed E-state index contributed by atoms with van der Waals surface area (Å²) in [6.07, 6.45) is 4.87. The lowest BCUT2D eigenvalue weighted by Crippen LogP contribution is -2.46. The summed E-state index contributed by atoms with van der Waals surface area (Å²) in [4.78, 5) is 6.29. The molecule has 0 radical (unpaired) electrons. The minimum atomic E-state index is -3.54. The molecule has 1 aromatic heterocycles. The lowest BCUT2D eigenvalue weighted by molar-refractivity contribution is 0.242. The number of aromatic nitrogens is 1. The number of sulfonamides is 1. The largest absolute Gasteiger partial charge is 0.384 e. The molecule has 1 aliphatic rings. The molecule has 1 fully saturated rings. The van der Waals surface area contributed by atoms with E-state index in [1.54, 1.807) is 12.3 Å². The van der Waals surface area contributed by atoms with Crippen LogP contribution in [-0.2, 0) is 10.0 Å². The standard InChI is InChI=1S/C13H22N4O2S/c1-3-15-12-6-7-14-9-13(12)20(18,19)16-11-5-4-8-17(2)10-11/h6-7,9,11,16H,3-5,8,10H2,1-2H3,(H,14,15). The first kappa shape index (κ1) is 15.2. The predicted molar refractivity (Wildman–Crippen MR) is 79.2 cm³/mol. The number of anilines is 1. The third kappa shape index (κ3) is 3.68. The van der Waals surface area contributed by atoms with Crippen LogP contribution in [0.3, 0.4) is 0 Å². The number of nitrogens with one attached hydrogen (secondary N) is 2. The summed E-state index contributed by atoms with van der Waals surface area (Å²) in [5.41, 5.74) is 0.596. The van der Waals surface area contributed by atoms with Crippen LogP contribution in [0.1, 0.15) is 19.8 Å². The van der Waals surface area contributed by atoms with Crippen molar-refractivity contribution in [3.8, 4) is 0 Å². The molecule has 112 valence electrons. The highest BCUT2D eigenvalue weighted by Crippen LogP contribution is 2.20. The van der Waals surface area contributed by atoms with Crippen LogP contribution in [0.4, 0.5) is 5.69 Å². The summed E-state index contributed by atoms with van der Waals surface area (Å²) in [6.45, 7) is 4.36. The Morgan fingerprint density at radius 1 is 1.50 bits per heavy atom. The zero-order chi connectivity index (χ0) is 14.6. The van der Waals surface area contributed by atoms with Gasteiger partial charge >= 0.3 is 0 Å². The van der Waals surface area contributed by atoms with E-state index in [-0.39, 0.29) is 10.9 Å². The number of hydrogen-bond donors (Lipinski definition) is 2. The Hall–Kier alpha value is -1.18. The molecule has 7 heteroatoms. The highest BCUT2D eigenvalue weighted by molar-refractivity contribution is 7.89.